The normalized spacial score (nSPS) is 28.3. The zero-order valence-electron chi connectivity index (χ0n) is 5.56. The summed E-state index contributed by atoms with van der Waals surface area (Å²) < 4.78 is 0. The Morgan fingerprint density at radius 1 is 1.44 bits per heavy atom. The molecule has 1 atom stereocenters. The first-order valence-corrected chi connectivity index (χ1v) is 4.11. The van der Waals surface area contributed by atoms with E-state index in [0.29, 0.717) is 6.04 Å². The van der Waals surface area contributed by atoms with Crippen molar-refractivity contribution in [1.29, 1.82) is 0 Å². The van der Waals surface area contributed by atoms with E-state index >= 15 is 0 Å². The molecule has 0 saturated carbocycles. The van der Waals surface area contributed by atoms with Gasteiger partial charge in [-0.1, -0.05) is 0 Å². The van der Waals surface area contributed by atoms with Crippen molar-refractivity contribution in [1.82, 2.24) is 10.6 Å². The lowest BCUT2D eigenvalue weighted by molar-refractivity contribution is 0.412. The fraction of sp³-hybridized carbons (Fsp3) is 1.00. The molecule has 0 aromatic carbocycles. The first kappa shape index (κ1) is 7.38. The maximum absolute atomic E-state index is 4.16. The molecule has 0 aromatic rings. The minimum Gasteiger partial charge on any atom is -0.314 e. The van der Waals surface area contributed by atoms with Crippen molar-refractivity contribution in [3.63, 3.8) is 0 Å². The third kappa shape index (κ3) is 2.56. The molecule has 0 bridgehead atoms. The molecular formula is C6H14N2S. The second kappa shape index (κ2) is 4.14. The van der Waals surface area contributed by atoms with Crippen molar-refractivity contribution < 1.29 is 0 Å². The van der Waals surface area contributed by atoms with E-state index in [1.165, 1.54) is 6.42 Å². The van der Waals surface area contributed by atoms with Gasteiger partial charge in [-0.15, -0.1) is 0 Å². The van der Waals surface area contributed by atoms with Gasteiger partial charge in [-0.2, -0.15) is 12.6 Å². The molecule has 0 spiro atoms. The number of hydrogen-bond donors (Lipinski definition) is 3. The summed E-state index contributed by atoms with van der Waals surface area (Å²) in [5, 5.41) is 6.73. The zero-order valence-corrected chi connectivity index (χ0v) is 6.45. The molecular weight excluding hydrogens is 132 g/mol. The van der Waals surface area contributed by atoms with Gasteiger partial charge in [0.1, 0.15) is 0 Å². The maximum atomic E-state index is 4.16. The van der Waals surface area contributed by atoms with E-state index in [0.717, 1.165) is 25.4 Å². The molecule has 1 saturated heterocycles. The lowest BCUT2D eigenvalue weighted by atomic mass is 10.2. The fourth-order valence-electron chi connectivity index (χ4n) is 1.07. The monoisotopic (exact) mass is 146 g/mol. The van der Waals surface area contributed by atoms with Crippen molar-refractivity contribution in [2.24, 2.45) is 0 Å². The first-order chi connectivity index (χ1) is 4.43. The second-order valence-corrected chi connectivity index (χ2v) is 2.81. The fourth-order valence-corrected chi connectivity index (χ4v) is 1.38. The second-order valence-electron chi connectivity index (χ2n) is 2.37. The summed E-state index contributed by atoms with van der Waals surface area (Å²) in [6, 6.07) is 0.663. The molecule has 1 aliphatic rings. The highest BCUT2D eigenvalue weighted by Gasteiger charge is 2.09. The van der Waals surface area contributed by atoms with Crippen LogP contribution in [-0.4, -0.2) is 31.4 Å². The minimum atomic E-state index is 0.663. The van der Waals surface area contributed by atoms with Gasteiger partial charge in [0, 0.05) is 25.7 Å². The third-order valence-corrected chi connectivity index (χ3v) is 1.86. The maximum Gasteiger partial charge on any atom is 0.0200 e. The highest BCUT2D eigenvalue weighted by atomic mass is 32.1. The Labute approximate surface area is 61.8 Å². The van der Waals surface area contributed by atoms with Crippen LogP contribution >= 0.6 is 12.6 Å². The number of thiol groups is 1. The van der Waals surface area contributed by atoms with Crippen molar-refractivity contribution in [3.05, 3.63) is 0 Å². The predicted molar refractivity (Wildman–Crippen MR) is 43.1 cm³/mol. The molecule has 0 aliphatic carbocycles. The Balaban J connectivity index is 2.08. The van der Waals surface area contributed by atoms with Crippen LogP contribution in [0.3, 0.4) is 0 Å². The molecule has 1 rings (SSSR count). The average Bonchev–Trinajstić information content (AvgIpc) is 1.91. The Morgan fingerprint density at radius 2 is 2.33 bits per heavy atom. The minimum absolute atomic E-state index is 0.663. The Kier molecular flexibility index (Phi) is 3.40. The smallest absolute Gasteiger partial charge is 0.0200 e. The first-order valence-electron chi connectivity index (χ1n) is 3.48. The van der Waals surface area contributed by atoms with Gasteiger partial charge in [-0.25, -0.2) is 0 Å². The quantitative estimate of drug-likeness (QED) is 0.473. The zero-order chi connectivity index (χ0) is 6.53. The van der Waals surface area contributed by atoms with Gasteiger partial charge in [0.05, 0.1) is 0 Å². The SMILES string of the molecule is SCCC1CNCCN1. The van der Waals surface area contributed by atoms with Crippen LogP contribution in [0.4, 0.5) is 0 Å². The van der Waals surface area contributed by atoms with Crippen LogP contribution in [0, 0.1) is 0 Å². The van der Waals surface area contributed by atoms with E-state index in [1.807, 2.05) is 0 Å². The van der Waals surface area contributed by atoms with E-state index in [4.69, 9.17) is 0 Å². The van der Waals surface area contributed by atoms with Gasteiger partial charge in [0.2, 0.25) is 0 Å². The highest BCUT2D eigenvalue weighted by molar-refractivity contribution is 7.80. The summed E-state index contributed by atoms with van der Waals surface area (Å²) >= 11 is 4.16. The Hall–Kier alpha value is 0.270. The predicted octanol–water partition coefficient (Wildman–Crippen LogP) is -0.132. The average molecular weight is 146 g/mol. The van der Waals surface area contributed by atoms with Crippen molar-refractivity contribution in [2.45, 2.75) is 12.5 Å². The van der Waals surface area contributed by atoms with Gasteiger partial charge in [-0.3, -0.25) is 0 Å². The molecule has 0 radical (unpaired) electrons. The molecule has 54 valence electrons. The van der Waals surface area contributed by atoms with Crippen LogP contribution in [0.1, 0.15) is 6.42 Å². The summed E-state index contributed by atoms with van der Waals surface area (Å²) in [6.45, 7) is 3.34. The summed E-state index contributed by atoms with van der Waals surface area (Å²) in [6.07, 6.45) is 1.18. The van der Waals surface area contributed by atoms with Gasteiger partial charge in [-0.05, 0) is 12.2 Å². The van der Waals surface area contributed by atoms with Crippen LogP contribution in [0.5, 0.6) is 0 Å². The summed E-state index contributed by atoms with van der Waals surface area (Å²) in [5.74, 6) is 0.985. The van der Waals surface area contributed by atoms with Gasteiger partial charge >= 0.3 is 0 Å². The van der Waals surface area contributed by atoms with E-state index < -0.39 is 0 Å². The molecule has 1 fully saturated rings. The van der Waals surface area contributed by atoms with E-state index in [-0.39, 0.29) is 0 Å². The number of hydrogen-bond acceptors (Lipinski definition) is 3. The summed E-state index contributed by atoms with van der Waals surface area (Å²) in [4.78, 5) is 0. The molecule has 1 heterocycles. The van der Waals surface area contributed by atoms with E-state index in [2.05, 4.69) is 23.3 Å². The van der Waals surface area contributed by atoms with Crippen LogP contribution in [0.2, 0.25) is 0 Å². The van der Waals surface area contributed by atoms with E-state index in [9.17, 15) is 0 Å². The topological polar surface area (TPSA) is 24.1 Å². The Morgan fingerprint density at radius 3 is 2.89 bits per heavy atom. The van der Waals surface area contributed by atoms with Crippen LogP contribution in [-0.2, 0) is 0 Å². The van der Waals surface area contributed by atoms with E-state index in [1.54, 1.807) is 0 Å². The largest absolute Gasteiger partial charge is 0.314 e. The summed E-state index contributed by atoms with van der Waals surface area (Å²) in [7, 11) is 0. The highest BCUT2D eigenvalue weighted by Crippen LogP contribution is 1.94. The molecule has 1 aliphatic heterocycles. The van der Waals surface area contributed by atoms with Crippen molar-refractivity contribution in [2.75, 3.05) is 25.4 Å². The van der Waals surface area contributed by atoms with Gasteiger partial charge in [0.15, 0.2) is 0 Å². The van der Waals surface area contributed by atoms with Crippen molar-refractivity contribution in [3.8, 4) is 0 Å². The lowest BCUT2D eigenvalue weighted by Gasteiger charge is -2.23. The molecule has 2 nitrogen and oxygen atoms in total. The Bertz CT molecular complexity index is 68.7. The van der Waals surface area contributed by atoms with Crippen LogP contribution in [0.25, 0.3) is 0 Å². The summed E-state index contributed by atoms with van der Waals surface area (Å²) in [5.41, 5.74) is 0. The molecule has 0 amide bonds. The van der Waals surface area contributed by atoms with Gasteiger partial charge in [0.25, 0.3) is 0 Å². The molecule has 0 aromatic heterocycles. The number of piperazine rings is 1. The third-order valence-electron chi connectivity index (χ3n) is 1.60. The van der Waals surface area contributed by atoms with Crippen LogP contribution < -0.4 is 10.6 Å². The lowest BCUT2D eigenvalue weighted by Crippen LogP contribution is -2.48. The molecule has 9 heavy (non-hydrogen) atoms. The number of nitrogens with one attached hydrogen (secondary N) is 2. The standard InChI is InChI=1S/C6H14N2S/c9-4-1-6-5-7-2-3-8-6/h6-9H,1-5H2. The van der Waals surface area contributed by atoms with Gasteiger partial charge < -0.3 is 10.6 Å². The molecule has 3 heteroatoms. The van der Waals surface area contributed by atoms with Crippen molar-refractivity contribution >= 4 is 12.6 Å². The number of rotatable bonds is 2. The molecule has 2 N–H and O–H groups in total. The molecule has 1 unspecified atom stereocenters. The van der Waals surface area contributed by atoms with Crippen LogP contribution in [0.15, 0.2) is 0 Å².